The Morgan fingerprint density at radius 2 is 1.94 bits per heavy atom. The van der Waals surface area contributed by atoms with Crippen molar-refractivity contribution in [3.8, 4) is 0 Å². The summed E-state index contributed by atoms with van der Waals surface area (Å²) < 4.78 is 16.4. The Kier molecular flexibility index (Phi) is 6.09. The van der Waals surface area contributed by atoms with Gasteiger partial charge in [-0.15, -0.1) is 0 Å². The average Bonchev–Trinajstić information content (AvgIpc) is 3.08. The van der Waals surface area contributed by atoms with Gasteiger partial charge in [0.15, 0.2) is 0 Å². The molecule has 1 N–H and O–H groups in total. The van der Waals surface area contributed by atoms with Gasteiger partial charge in [0.25, 0.3) is 5.56 Å². The lowest BCUT2D eigenvalue weighted by Gasteiger charge is -2.34. The van der Waals surface area contributed by atoms with Gasteiger partial charge in [0.1, 0.15) is 23.7 Å². The van der Waals surface area contributed by atoms with E-state index in [0.717, 1.165) is 43.4 Å². The first-order chi connectivity index (χ1) is 14.8. The predicted molar refractivity (Wildman–Crippen MR) is 119 cm³/mol. The SMILES string of the molecule is Cc1nn(CC(=O)NCCCN2C[C@@H](C)C[C@H](C)C2)c(=O)c2cc3cc(F)ccc3n12. The number of carbonyl (C=O) groups excluding carboxylic acids is 1. The molecule has 1 aromatic carbocycles. The standard InChI is InChI=1S/C23H30FN5O2/c1-15-9-16(2)13-27(12-15)8-4-7-25-22(30)14-28-23(31)21-11-18-10-19(24)5-6-20(18)29(21)17(3)26-28/h5-6,10-11,15-16H,4,7-9,12-14H2,1-3H3,(H,25,30)/t15-,16-/m0/s1. The fourth-order valence-corrected chi connectivity index (χ4v) is 4.89. The highest BCUT2D eigenvalue weighted by Crippen LogP contribution is 2.21. The van der Waals surface area contributed by atoms with E-state index in [-0.39, 0.29) is 23.8 Å². The lowest BCUT2D eigenvalue weighted by atomic mass is 9.92. The van der Waals surface area contributed by atoms with Gasteiger partial charge in [-0.25, -0.2) is 9.07 Å². The zero-order valence-corrected chi connectivity index (χ0v) is 18.4. The molecule has 0 aliphatic carbocycles. The zero-order valence-electron chi connectivity index (χ0n) is 18.4. The van der Waals surface area contributed by atoms with E-state index in [9.17, 15) is 14.0 Å². The monoisotopic (exact) mass is 427 g/mol. The van der Waals surface area contributed by atoms with Gasteiger partial charge >= 0.3 is 0 Å². The molecular formula is C23H30FN5O2. The van der Waals surface area contributed by atoms with Crippen molar-refractivity contribution in [2.75, 3.05) is 26.2 Å². The number of aromatic nitrogens is 3. The number of nitrogens with zero attached hydrogens (tertiary/aromatic N) is 4. The maximum absolute atomic E-state index is 13.6. The molecule has 1 fully saturated rings. The van der Waals surface area contributed by atoms with E-state index >= 15 is 0 Å². The van der Waals surface area contributed by atoms with Gasteiger partial charge in [-0.1, -0.05) is 13.8 Å². The summed E-state index contributed by atoms with van der Waals surface area (Å²) in [6, 6.07) is 6.03. The van der Waals surface area contributed by atoms with Crippen LogP contribution in [0.25, 0.3) is 16.4 Å². The summed E-state index contributed by atoms with van der Waals surface area (Å²) in [5.74, 6) is 1.41. The third-order valence-corrected chi connectivity index (χ3v) is 6.02. The number of benzene rings is 1. The minimum atomic E-state index is -0.367. The molecule has 4 rings (SSSR count). The Bertz CT molecular complexity index is 1160. The molecular weight excluding hydrogens is 397 g/mol. The first-order valence-electron chi connectivity index (χ1n) is 11.0. The summed E-state index contributed by atoms with van der Waals surface area (Å²) in [5.41, 5.74) is 0.735. The van der Waals surface area contributed by atoms with E-state index in [1.165, 1.54) is 23.2 Å². The Labute approximate surface area is 180 Å². The number of carbonyl (C=O) groups is 1. The van der Waals surface area contributed by atoms with Crippen LogP contribution in [0.1, 0.15) is 32.5 Å². The minimum Gasteiger partial charge on any atom is -0.354 e. The van der Waals surface area contributed by atoms with Crippen molar-refractivity contribution in [3.63, 3.8) is 0 Å². The number of halogens is 1. The van der Waals surface area contributed by atoms with E-state index in [1.54, 1.807) is 23.5 Å². The van der Waals surface area contributed by atoms with Crippen molar-refractivity contribution in [2.45, 2.75) is 40.2 Å². The van der Waals surface area contributed by atoms with Gasteiger partial charge in [-0.05, 0) is 62.4 Å². The summed E-state index contributed by atoms with van der Waals surface area (Å²) >= 11 is 0. The number of piperidine rings is 1. The molecule has 166 valence electrons. The second-order valence-corrected chi connectivity index (χ2v) is 8.99. The highest BCUT2D eigenvalue weighted by Gasteiger charge is 2.21. The van der Waals surface area contributed by atoms with E-state index in [1.807, 2.05) is 0 Å². The second kappa shape index (κ2) is 8.78. The number of aryl methyl sites for hydroxylation is 1. The molecule has 3 heterocycles. The van der Waals surface area contributed by atoms with E-state index in [2.05, 4.69) is 29.2 Å². The molecule has 0 radical (unpaired) electrons. The fraction of sp³-hybridized carbons (Fsp3) is 0.522. The van der Waals surface area contributed by atoms with Crippen LogP contribution < -0.4 is 10.9 Å². The molecule has 1 aliphatic rings. The third-order valence-electron chi connectivity index (χ3n) is 6.02. The zero-order chi connectivity index (χ0) is 22.1. The van der Waals surface area contributed by atoms with Gasteiger partial charge in [-0.2, -0.15) is 5.10 Å². The molecule has 2 aromatic heterocycles. The average molecular weight is 428 g/mol. The molecule has 1 saturated heterocycles. The van der Waals surface area contributed by atoms with Crippen LogP contribution in [0.5, 0.6) is 0 Å². The molecule has 7 nitrogen and oxygen atoms in total. The molecule has 8 heteroatoms. The normalized spacial score (nSPS) is 19.9. The molecule has 1 amide bonds. The Hall–Kier alpha value is -2.74. The number of rotatable bonds is 6. The van der Waals surface area contributed by atoms with Crippen molar-refractivity contribution >= 4 is 22.3 Å². The summed E-state index contributed by atoms with van der Waals surface area (Å²) in [6.07, 6.45) is 2.16. The fourth-order valence-electron chi connectivity index (χ4n) is 4.89. The Morgan fingerprint density at radius 1 is 1.19 bits per heavy atom. The number of nitrogens with one attached hydrogen (secondary N) is 1. The molecule has 31 heavy (non-hydrogen) atoms. The number of fused-ring (bicyclic) bond motifs is 3. The first-order valence-corrected chi connectivity index (χ1v) is 11.0. The lowest BCUT2D eigenvalue weighted by Crippen LogP contribution is -2.40. The molecule has 1 aliphatic heterocycles. The van der Waals surface area contributed by atoms with E-state index in [4.69, 9.17) is 0 Å². The van der Waals surface area contributed by atoms with Crippen molar-refractivity contribution < 1.29 is 9.18 Å². The highest BCUT2D eigenvalue weighted by atomic mass is 19.1. The Morgan fingerprint density at radius 3 is 2.68 bits per heavy atom. The van der Waals surface area contributed by atoms with Gasteiger partial charge in [0.05, 0.1) is 5.52 Å². The van der Waals surface area contributed by atoms with Crippen LogP contribution in [-0.2, 0) is 11.3 Å². The van der Waals surface area contributed by atoms with E-state index in [0.29, 0.717) is 23.3 Å². The molecule has 0 saturated carbocycles. The summed E-state index contributed by atoms with van der Waals surface area (Å²) in [4.78, 5) is 27.7. The van der Waals surface area contributed by atoms with Gasteiger partial charge in [0.2, 0.25) is 5.91 Å². The second-order valence-electron chi connectivity index (χ2n) is 8.99. The van der Waals surface area contributed by atoms with Gasteiger partial charge in [0, 0.05) is 25.0 Å². The molecule has 0 spiro atoms. The first kappa shape index (κ1) is 21.5. The maximum atomic E-state index is 13.6. The molecule has 3 aromatic rings. The highest BCUT2D eigenvalue weighted by molar-refractivity contribution is 5.87. The van der Waals surface area contributed by atoms with Crippen molar-refractivity contribution in [1.82, 2.24) is 24.4 Å². The number of hydrogen-bond donors (Lipinski definition) is 1. The van der Waals surface area contributed by atoms with E-state index < -0.39 is 0 Å². The van der Waals surface area contributed by atoms with Crippen molar-refractivity contribution in [3.05, 3.63) is 46.3 Å². The summed E-state index contributed by atoms with van der Waals surface area (Å²) in [5, 5.41) is 7.84. The van der Waals surface area contributed by atoms with Gasteiger partial charge < -0.3 is 10.2 Å². The smallest absolute Gasteiger partial charge is 0.291 e. The molecule has 2 atom stereocenters. The van der Waals surface area contributed by atoms with Crippen LogP contribution in [0.4, 0.5) is 4.39 Å². The van der Waals surface area contributed by atoms with Crippen LogP contribution in [0.3, 0.4) is 0 Å². The summed E-state index contributed by atoms with van der Waals surface area (Å²) in [6.45, 7) is 9.98. The van der Waals surface area contributed by atoms with Crippen LogP contribution >= 0.6 is 0 Å². The van der Waals surface area contributed by atoms with Crippen LogP contribution in [0, 0.1) is 24.6 Å². The van der Waals surface area contributed by atoms with Crippen LogP contribution in [0.15, 0.2) is 29.1 Å². The number of amides is 1. The topological polar surface area (TPSA) is 71.6 Å². The predicted octanol–water partition coefficient (Wildman–Crippen LogP) is 2.58. The third kappa shape index (κ3) is 4.63. The molecule has 0 unspecified atom stereocenters. The van der Waals surface area contributed by atoms with Crippen LogP contribution in [-0.4, -0.2) is 51.2 Å². The minimum absolute atomic E-state index is 0.135. The Balaban J connectivity index is 1.39. The largest absolute Gasteiger partial charge is 0.354 e. The quantitative estimate of drug-likeness (QED) is 0.614. The molecule has 0 bridgehead atoms. The van der Waals surface area contributed by atoms with Crippen LogP contribution in [0.2, 0.25) is 0 Å². The summed E-state index contributed by atoms with van der Waals surface area (Å²) in [7, 11) is 0. The number of hydrogen-bond acceptors (Lipinski definition) is 4. The number of likely N-dealkylation sites (tertiary alicyclic amines) is 1. The van der Waals surface area contributed by atoms with Crippen molar-refractivity contribution in [2.24, 2.45) is 11.8 Å². The van der Waals surface area contributed by atoms with Crippen molar-refractivity contribution in [1.29, 1.82) is 0 Å². The maximum Gasteiger partial charge on any atom is 0.291 e. The lowest BCUT2D eigenvalue weighted by molar-refractivity contribution is -0.121. The van der Waals surface area contributed by atoms with Gasteiger partial charge in [-0.3, -0.25) is 14.0 Å².